The van der Waals surface area contributed by atoms with Crippen LogP contribution in [0.1, 0.15) is 70.6 Å². The van der Waals surface area contributed by atoms with Gasteiger partial charge in [0.2, 0.25) is 0 Å². The van der Waals surface area contributed by atoms with E-state index < -0.39 is 11.6 Å². The van der Waals surface area contributed by atoms with Crippen molar-refractivity contribution < 1.29 is 14.7 Å². The number of carboxylic acids is 1. The van der Waals surface area contributed by atoms with Gasteiger partial charge in [-0.2, -0.15) is 0 Å². The van der Waals surface area contributed by atoms with Crippen molar-refractivity contribution >= 4 is 11.5 Å². The van der Waals surface area contributed by atoms with Crippen LogP contribution >= 0.6 is 0 Å². The number of piperidine rings is 1. The summed E-state index contributed by atoms with van der Waals surface area (Å²) in [5, 5.41) is 9.08. The number of nitrogens with zero attached hydrogens (tertiary/aromatic N) is 1. The Kier molecular flexibility index (Phi) is 6.28. The average Bonchev–Trinajstić information content (AvgIpc) is 3.62. The number of rotatable bonds is 8. The Labute approximate surface area is 184 Å². The third-order valence-corrected chi connectivity index (χ3v) is 6.86. The topological polar surface area (TPSA) is 75.8 Å². The van der Waals surface area contributed by atoms with E-state index in [2.05, 4.69) is 36.6 Å². The molecular formula is C26H32N2O3. The molecule has 2 aromatic rings. The average molecular weight is 421 g/mol. The summed E-state index contributed by atoms with van der Waals surface area (Å²) >= 11 is 0. The van der Waals surface area contributed by atoms with Crippen LogP contribution < -0.4 is 5.90 Å². The molecule has 3 N–H and O–H groups in total. The first-order valence-electron chi connectivity index (χ1n) is 11.1. The van der Waals surface area contributed by atoms with Crippen LogP contribution in [0.15, 0.2) is 49.0 Å². The molecule has 4 rings (SSSR count). The number of benzene rings is 2. The van der Waals surface area contributed by atoms with Gasteiger partial charge in [0, 0.05) is 26.1 Å². The fourth-order valence-electron chi connectivity index (χ4n) is 4.68. The molecular weight excluding hydrogens is 388 g/mol. The zero-order valence-electron chi connectivity index (χ0n) is 18.3. The minimum atomic E-state index is -0.927. The second-order valence-electron chi connectivity index (χ2n) is 9.21. The Bertz CT molecular complexity index is 955. The molecule has 5 heteroatoms. The lowest BCUT2D eigenvalue weighted by Crippen LogP contribution is -2.47. The third kappa shape index (κ3) is 5.06. The molecule has 1 heterocycles. The number of carboxylic acid groups (broad SMARTS) is 1. The number of carbonyl (C=O) groups is 1. The molecule has 0 spiro atoms. The monoisotopic (exact) mass is 420 g/mol. The van der Waals surface area contributed by atoms with E-state index in [0.717, 1.165) is 49.5 Å². The first kappa shape index (κ1) is 21.8. The zero-order chi connectivity index (χ0) is 22.0. The Hall–Kier alpha value is -2.47. The largest absolute Gasteiger partial charge is 0.478 e. The Morgan fingerprint density at radius 3 is 2.39 bits per heavy atom. The van der Waals surface area contributed by atoms with Crippen molar-refractivity contribution in [3.8, 4) is 0 Å². The van der Waals surface area contributed by atoms with Crippen LogP contribution in [0.4, 0.5) is 0 Å². The van der Waals surface area contributed by atoms with Crippen molar-refractivity contribution in [2.75, 3.05) is 13.1 Å². The second-order valence-corrected chi connectivity index (χ2v) is 9.21. The SMILES string of the molecule is C=C(CC1(ON)CCN(Cc2ccc(C)c(C3CC3)c2)CC1)c1ccc(C(=O)O)cc1. The van der Waals surface area contributed by atoms with Gasteiger partial charge in [-0.15, -0.1) is 0 Å². The molecule has 164 valence electrons. The fourth-order valence-corrected chi connectivity index (χ4v) is 4.68. The van der Waals surface area contributed by atoms with Crippen LogP contribution in [0.25, 0.3) is 5.57 Å². The lowest BCUT2D eigenvalue weighted by Gasteiger charge is -2.40. The lowest BCUT2D eigenvalue weighted by molar-refractivity contribution is -0.0840. The summed E-state index contributed by atoms with van der Waals surface area (Å²) in [5.41, 5.74) is 6.02. The molecule has 0 atom stereocenters. The minimum absolute atomic E-state index is 0.274. The molecule has 1 saturated carbocycles. The van der Waals surface area contributed by atoms with Crippen LogP contribution in [0.3, 0.4) is 0 Å². The van der Waals surface area contributed by atoms with E-state index in [9.17, 15) is 4.79 Å². The standard InChI is InChI=1S/C26H32N2O3/c1-18-3-4-20(15-24(18)22-7-8-22)17-28-13-11-26(31-27,12-14-28)16-19(2)21-5-9-23(10-6-21)25(29)30/h3-6,9-10,15,22H,2,7-8,11-14,16-17,27H2,1H3,(H,29,30). The summed E-state index contributed by atoms with van der Waals surface area (Å²) < 4.78 is 0. The quantitative estimate of drug-likeness (QED) is 0.594. The third-order valence-electron chi connectivity index (χ3n) is 6.86. The van der Waals surface area contributed by atoms with E-state index in [4.69, 9.17) is 15.8 Å². The molecule has 2 fully saturated rings. The van der Waals surface area contributed by atoms with Crippen molar-refractivity contribution in [1.29, 1.82) is 0 Å². The van der Waals surface area contributed by atoms with E-state index in [0.29, 0.717) is 6.42 Å². The van der Waals surface area contributed by atoms with Crippen LogP contribution in [-0.2, 0) is 11.4 Å². The number of hydrogen-bond donors (Lipinski definition) is 2. The predicted octanol–water partition coefficient (Wildman–Crippen LogP) is 4.90. The molecule has 1 aliphatic carbocycles. The maximum Gasteiger partial charge on any atom is 0.335 e. The highest BCUT2D eigenvalue weighted by Gasteiger charge is 2.36. The second kappa shape index (κ2) is 8.95. The van der Waals surface area contributed by atoms with Gasteiger partial charge in [-0.25, -0.2) is 10.7 Å². The van der Waals surface area contributed by atoms with Crippen LogP contribution in [0.5, 0.6) is 0 Å². The van der Waals surface area contributed by atoms with Gasteiger partial charge in [-0.1, -0.05) is 36.9 Å². The van der Waals surface area contributed by atoms with E-state index in [1.54, 1.807) is 24.3 Å². The number of aromatic carboxylic acids is 1. The molecule has 5 nitrogen and oxygen atoms in total. The first-order chi connectivity index (χ1) is 14.9. The molecule has 2 aliphatic rings. The summed E-state index contributed by atoms with van der Waals surface area (Å²) in [5.74, 6) is 5.61. The molecule has 0 unspecified atom stereocenters. The van der Waals surface area contributed by atoms with Crippen molar-refractivity contribution in [1.82, 2.24) is 4.90 Å². The van der Waals surface area contributed by atoms with Crippen molar-refractivity contribution in [2.45, 2.75) is 57.1 Å². The Morgan fingerprint density at radius 1 is 1.16 bits per heavy atom. The van der Waals surface area contributed by atoms with Crippen LogP contribution in [-0.4, -0.2) is 34.7 Å². The molecule has 1 saturated heterocycles. The van der Waals surface area contributed by atoms with Gasteiger partial charge in [0.25, 0.3) is 0 Å². The predicted molar refractivity (Wildman–Crippen MR) is 123 cm³/mol. The normalized spacial score (nSPS) is 18.6. The Morgan fingerprint density at radius 2 is 1.81 bits per heavy atom. The molecule has 0 aromatic heterocycles. The first-order valence-corrected chi connectivity index (χ1v) is 11.1. The van der Waals surface area contributed by atoms with Gasteiger partial charge in [-0.05, 0) is 78.5 Å². The van der Waals surface area contributed by atoms with Gasteiger partial charge >= 0.3 is 5.97 Å². The molecule has 0 bridgehead atoms. The van der Waals surface area contributed by atoms with Gasteiger partial charge in [0.1, 0.15) is 0 Å². The summed E-state index contributed by atoms with van der Waals surface area (Å²) in [7, 11) is 0. The molecule has 31 heavy (non-hydrogen) atoms. The maximum atomic E-state index is 11.1. The summed E-state index contributed by atoms with van der Waals surface area (Å²) in [4.78, 5) is 19.1. The fraction of sp³-hybridized carbons (Fsp3) is 0.423. The maximum absolute atomic E-state index is 11.1. The van der Waals surface area contributed by atoms with Crippen molar-refractivity contribution in [2.24, 2.45) is 5.90 Å². The van der Waals surface area contributed by atoms with E-state index in [1.165, 1.54) is 29.5 Å². The van der Waals surface area contributed by atoms with Gasteiger partial charge in [0.05, 0.1) is 11.2 Å². The van der Waals surface area contributed by atoms with Gasteiger partial charge in [0.15, 0.2) is 0 Å². The molecule has 1 aliphatic heterocycles. The number of nitrogens with two attached hydrogens (primary N) is 1. The highest BCUT2D eigenvalue weighted by Crippen LogP contribution is 2.42. The number of likely N-dealkylation sites (tertiary alicyclic amines) is 1. The molecule has 0 radical (unpaired) electrons. The minimum Gasteiger partial charge on any atom is -0.478 e. The molecule has 0 amide bonds. The van der Waals surface area contributed by atoms with Gasteiger partial charge < -0.3 is 5.11 Å². The molecule has 2 aromatic carbocycles. The lowest BCUT2D eigenvalue weighted by atomic mass is 9.83. The number of hydrogen-bond acceptors (Lipinski definition) is 4. The summed E-state index contributed by atoms with van der Waals surface area (Å²) in [6, 6.07) is 13.7. The highest BCUT2D eigenvalue weighted by molar-refractivity contribution is 5.88. The summed E-state index contributed by atoms with van der Waals surface area (Å²) in [6.07, 6.45) is 4.98. The van der Waals surface area contributed by atoms with Crippen LogP contribution in [0, 0.1) is 6.92 Å². The van der Waals surface area contributed by atoms with Crippen LogP contribution in [0.2, 0.25) is 0 Å². The van der Waals surface area contributed by atoms with Crippen molar-refractivity contribution in [3.05, 3.63) is 76.9 Å². The van der Waals surface area contributed by atoms with E-state index in [-0.39, 0.29) is 5.56 Å². The Balaban J connectivity index is 1.35. The van der Waals surface area contributed by atoms with E-state index in [1.807, 2.05) is 0 Å². The van der Waals surface area contributed by atoms with Gasteiger partial charge in [-0.3, -0.25) is 9.74 Å². The number of aryl methyl sites for hydroxylation is 1. The van der Waals surface area contributed by atoms with Crippen molar-refractivity contribution in [3.63, 3.8) is 0 Å². The summed E-state index contributed by atoms with van der Waals surface area (Å²) in [6.45, 7) is 9.24. The highest BCUT2D eigenvalue weighted by atomic mass is 16.6. The van der Waals surface area contributed by atoms with E-state index >= 15 is 0 Å². The smallest absolute Gasteiger partial charge is 0.335 e. The zero-order valence-corrected chi connectivity index (χ0v) is 18.3.